The van der Waals surface area contributed by atoms with E-state index in [1.54, 1.807) is 0 Å². The van der Waals surface area contributed by atoms with Crippen molar-refractivity contribution in [3.05, 3.63) is 35.4 Å². The average molecular weight is 234 g/mol. The fraction of sp³-hybridized carbons (Fsp3) is 0.600. The lowest BCUT2D eigenvalue weighted by atomic mass is 10.1. The minimum absolute atomic E-state index is 1.06. The summed E-state index contributed by atoms with van der Waals surface area (Å²) in [5, 5.41) is 3.35. The number of hydrogen-bond donors (Lipinski definition) is 1. The molecule has 96 valence electrons. The molecule has 0 aromatic heterocycles. The van der Waals surface area contributed by atoms with Gasteiger partial charge in [-0.05, 0) is 50.7 Å². The van der Waals surface area contributed by atoms with Crippen LogP contribution in [0.15, 0.2) is 24.3 Å². The molecule has 17 heavy (non-hydrogen) atoms. The second-order valence-electron chi connectivity index (χ2n) is 4.66. The van der Waals surface area contributed by atoms with Crippen molar-refractivity contribution in [3.8, 4) is 0 Å². The van der Waals surface area contributed by atoms with E-state index >= 15 is 0 Å². The Kier molecular flexibility index (Phi) is 6.90. The van der Waals surface area contributed by atoms with E-state index in [1.807, 2.05) is 0 Å². The molecule has 0 saturated heterocycles. The van der Waals surface area contributed by atoms with Crippen LogP contribution in [0.5, 0.6) is 0 Å². The van der Waals surface area contributed by atoms with E-state index in [4.69, 9.17) is 0 Å². The highest BCUT2D eigenvalue weighted by atomic mass is 15.1. The Hall–Kier alpha value is -0.860. The monoisotopic (exact) mass is 234 g/mol. The average Bonchev–Trinajstić information content (AvgIpc) is 2.32. The first kappa shape index (κ1) is 14.2. The van der Waals surface area contributed by atoms with Crippen LogP contribution in [0, 0.1) is 0 Å². The van der Waals surface area contributed by atoms with Crippen LogP contribution in [0.25, 0.3) is 0 Å². The molecule has 1 aromatic carbocycles. The van der Waals surface area contributed by atoms with E-state index in [0.717, 1.165) is 26.1 Å². The van der Waals surface area contributed by atoms with E-state index < -0.39 is 0 Å². The number of likely N-dealkylation sites (N-methyl/N-ethyl adjacent to an activating group) is 1. The summed E-state index contributed by atoms with van der Waals surface area (Å²) in [5.41, 5.74) is 2.83. The molecule has 0 fully saturated rings. The highest BCUT2D eigenvalue weighted by Crippen LogP contribution is 2.07. The molecular weight excluding hydrogens is 208 g/mol. The van der Waals surface area contributed by atoms with Gasteiger partial charge in [-0.3, -0.25) is 0 Å². The van der Waals surface area contributed by atoms with Crippen LogP contribution in [0.4, 0.5) is 0 Å². The van der Waals surface area contributed by atoms with Crippen LogP contribution in [-0.4, -0.2) is 31.6 Å². The van der Waals surface area contributed by atoms with Crippen molar-refractivity contribution in [2.24, 2.45) is 0 Å². The van der Waals surface area contributed by atoms with Crippen molar-refractivity contribution in [1.29, 1.82) is 0 Å². The first-order valence-electron chi connectivity index (χ1n) is 6.73. The summed E-state index contributed by atoms with van der Waals surface area (Å²) in [6, 6.07) is 9.03. The zero-order valence-corrected chi connectivity index (χ0v) is 11.5. The van der Waals surface area contributed by atoms with E-state index in [0.29, 0.717) is 0 Å². The number of hydrogen-bond acceptors (Lipinski definition) is 2. The summed E-state index contributed by atoms with van der Waals surface area (Å²) in [4.78, 5) is 2.37. The second-order valence-corrected chi connectivity index (χ2v) is 4.66. The fourth-order valence-corrected chi connectivity index (χ4v) is 1.99. The lowest BCUT2D eigenvalue weighted by Gasteiger charge is -2.15. The fourth-order valence-electron chi connectivity index (χ4n) is 1.99. The lowest BCUT2D eigenvalue weighted by molar-refractivity contribution is 0.327. The molecule has 2 heteroatoms. The SMILES string of the molecule is CCCN(C)Cc1ccc(CCNCC)cc1. The van der Waals surface area contributed by atoms with E-state index in [9.17, 15) is 0 Å². The molecule has 1 aromatic rings. The summed E-state index contributed by atoms with van der Waals surface area (Å²) < 4.78 is 0. The third kappa shape index (κ3) is 5.85. The molecule has 0 aliphatic heterocycles. The van der Waals surface area contributed by atoms with Crippen LogP contribution in [0.3, 0.4) is 0 Å². The maximum absolute atomic E-state index is 3.35. The molecule has 0 amide bonds. The van der Waals surface area contributed by atoms with Gasteiger partial charge in [0.05, 0.1) is 0 Å². The standard InChI is InChI=1S/C15H26N2/c1-4-12-17(3)13-15-8-6-14(7-9-15)10-11-16-5-2/h6-9,16H,4-5,10-13H2,1-3H3. The van der Waals surface area contributed by atoms with Crippen LogP contribution < -0.4 is 5.32 Å². The summed E-state index contributed by atoms with van der Waals surface area (Å²) in [6.07, 6.45) is 2.34. The summed E-state index contributed by atoms with van der Waals surface area (Å²) in [5.74, 6) is 0. The van der Waals surface area contributed by atoms with Gasteiger partial charge in [0.25, 0.3) is 0 Å². The van der Waals surface area contributed by atoms with Crippen LogP contribution in [0.2, 0.25) is 0 Å². The van der Waals surface area contributed by atoms with E-state index in [1.165, 1.54) is 24.1 Å². The maximum atomic E-state index is 3.35. The Morgan fingerprint density at radius 1 is 1.06 bits per heavy atom. The predicted octanol–water partition coefficient (Wildman–Crippen LogP) is 2.68. The smallest absolute Gasteiger partial charge is 0.0230 e. The Morgan fingerprint density at radius 3 is 2.29 bits per heavy atom. The Bertz CT molecular complexity index is 292. The highest BCUT2D eigenvalue weighted by Gasteiger charge is 1.99. The van der Waals surface area contributed by atoms with Crippen molar-refractivity contribution < 1.29 is 0 Å². The van der Waals surface area contributed by atoms with Gasteiger partial charge in [0.1, 0.15) is 0 Å². The van der Waals surface area contributed by atoms with Gasteiger partial charge in [-0.25, -0.2) is 0 Å². The second kappa shape index (κ2) is 8.26. The van der Waals surface area contributed by atoms with Gasteiger partial charge in [0, 0.05) is 6.54 Å². The lowest BCUT2D eigenvalue weighted by Crippen LogP contribution is -2.18. The molecule has 0 unspecified atom stereocenters. The Balaban J connectivity index is 2.39. The summed E-state index contributed by atoms with van der Waals surface area (Å²) in [6.45, 7) is 8.72. The van der Waals surface area contributed by atoms with Crippen molar-refractivity contribution in [2.75, 3.05) is 26.7 Å². The normalized spacial score (nSPS) is 11.1. The molecule has 2 nitrogen and oxygen atoms in total. The molecule has 0 saturated carbocycles. The Labute approximate surface area is 106 Å². The van der Waals surface area contributed by atoms with Gasteiger partial charge in [-0.2, -0.15) is 0 Å². The minimum atomic E-state index is 1.06. The number of benzene rings is 1. The maximum Gasteiger partial charge on any atom is 0.0230 e. The third-order valence-electron chi connectivity index (χ3n) is 2.92. The molecule has 0 spiro atoms. The van der Waals surface area contributed by atoms with Gasteiger partial charge < -0.3 is 10.2 Å². The summed E-state index contributed by atoms with van der Waals surface area (Å²) in [7, 11) is 2.18. The van der Waals surface area contributed by atoms with Crippen molar-refractivity contribution in [3.63, 3.8) is 0 Å². The van der Waals surface area contributed by atoms with Crippen molar-refractivity contribution in [2.45, 2.75) is 33.2 Å². The molecule has 0 aliphatic carbocycles. The molecule has 0 heterocycles. The van der Waals surface area contributed by atoms with Gasteiger partial charge in [0.15, 0.2) is 0 Å². The summed E-state index contributed by atoms with van der Waals surface area (Å²) >= 11 is 0. The van der Waals surface area contributed by atoms with Gasteiger partial charge >= 0.3 is 0 Å². The van der Waals surface area contributed by atoms with E-state index in [2.05, 4.69) is 55.4 Å². The molecule has 0 atom stereocenters. The molecule has 1 N–H and O–H groups in total. The zero-order valence-electron chi connectivity index (χ0n) is 11.5. The quantitative estimate of drug-likeness (QED) is 0.696. The minimum Gasteiger partial charge on any atom is -0.317 e. The topological polar surface area (TPSA) is 15.3 Å². The van der Waals surface area contributed by atoms with Gasteiger partial charge in [0.2, 0.25) is 0 Å². The predicted molar refractivity (Wildman–Crippen MR) is 75.3 cm³/mol. The zero-order chi connectivity index (χ0) is 12.5. The third-order valence-corrected chi connectivity index (χ3v) is 2.92. The van der Waals surface area contributed by atoms with Gasteiger partial charge in [-0.1, -0.05) is 38.1 Å². The van der Waals surface area contributed by atoms with Crippen LogP contribution in [0.1, 0.15) is 31.4 Å². The van der Waals surface area contributed by atoms with Gasteiger partial charge in [-0.15, -0.1) is 0 Å². The number of nitrogens with zero attached hydrogens (tertiary/aromatic N) is 1. The Morgan fingerprint density at radius 2 is 1.71 bits per heavy atom. The molecule has 0 aliphatic rings. The molecule has 0 radical (unpaired) electrons. The van der Waals surface area contributed by atoms with Crippen LogP contribution in [-0.2, 0) is 13.0 Å². The largest absolute Gasteiger partial charge is 0.317 e. The number of nitrogens with one attached hydrogen (secondary N) is 1. The first-order valence-corrected chi connectivity index (χ1v) is 6.73. The van der Waals surface area contributed by atoms with E-state index in [-0.39, 0.29) is 0 Å². The van der Waals surface area contributed by atoms with Crippen molar-refractivity contribution >= 4 is 0 Å². The highest BCUT2D eigenvalue weighted by molar-refractivity contribution is 5.22. The molecule has 0 bridgehead atoms. The number of rotatable bonds is 8. The van der Waals surface area contributed by atoms with Crippen molar-refractivity contribution in [1.82, 2.24) is 10.2 Å². The molecule has 1 rings (SSSR count). The van der Waals surface area contributed by atoms with Crippen LogP contribution >= 0.6 is 0 Å². The molecular formula is C15H26N2. The first-order chi connectivity index (χ1) is 8.26.